The van der Waals surface area contributed by atoms with Crippen molar-refractivity contribution in [3.63, 3.8) is 0 Å². The number of H-pyrrole nitrogens is 1. The first-order chi connectivity index (χ1) is 9.93. The minimum absolute atomic E-state index is 0.0248. The van der Waals surface area contributed by atoms with Gasteiger partial charge in [-0.2, -0.15) is 0 Å². The highest BCUT2D eigenvalue weighted by molar-refractivity contribution is 5.87. The number of imidazole rings is 1. The number of terminal acetylenes is 1. The number of carbonyl (C=O) groups excluding carboxylic acids is 2. The van der Waals surface area contributed by atoms with Crippen molar-refractivity contribution in [2.24, 2.45) is 0 Å². The van der Waals surface area contributed by atoms with Crippen molar-refractivity contribution in [2.45, 2.75) is 32.5 Å². The summed E-state index contributed by atoms with van der Waals surface area (Å²) in [6.45, 7) is 3.45. The Bertz CT molecular complexity index is 532. The Hall–Kier alpha value is -2.53. The highest BCUT2D eigenvalue weighted by atomic mass is 16.3. The first kappa shape index (κ1) is 16.5. The summed E-state index contributed by atoms with van der Waals surface area (Å²) >= 11 is 0. The van der Waals surface area contributed by atoms with E-state index in [0.29, 0.717) is 5.82 Å². The van der Waals surface area contributed by atoms with Gasteiger partial charge in [0.15, 0.2) is 0 Å². The Balaban J connectivity index is 2.48. The minimum Gasteiger partial charge on any atom is -0.391 e. The van der Waals surface area contributed by atoms with Crippen molar-refractivity contribution in [1.82, 2.24) is 25.9 Å². The molecular weight excluding hydrogens is 274 g/mol. The SMILES string of the molecule is C#CCNC(=O)[C@@H](NC(=O)NCc1ncc(C)[nH]1)[C@@H](C)O. The fourth-order valence-electron chi connectivity index (χ4n) is 1.57. The molecule has 0 spiro atoms. The Kier molecular flexibility index (Phi) is 6.23. The van der Waals surface area contributed by atoms with E-state index in [1.807, 2.05) is 6.92 Å². The highest BCUT2D eigenvalue weighted by Crippen LogP contribution is 1.95. The Labute approximate surface area is 122 Å². The van der Waals surface area contributed by atoms with Crippen LogP contribution in [0.5, 0.6) is 0 Å². The van der Waals surface area contributed by atoms with Crippen LogP contribution in [0.3, 0.4) is 0 Å². The summed E-state index contributed by atoms with van der Waals surface area (Å²) < 4.78 is 0. The van der Waals surface area contributed by atoms with Crippen molar-refractivity contribution in [2.75, 3.05) is 6.54 Å². The predicted octanol–water partition coefficient (Wildman–Crippen LogP) is -0.984. The molecule has 0 fully saturated rings. The second-order valence-corrected chi connectivity index (χ2v) is 4.48. The molecule has 8 heteroatoms. The van der Waals surface area contributed by atoms with Gasteiger partial charge in [0.25, 0.3) is 0 Å². The van der Waals surface area contributed by atoms with Gasteiger partial charge in [-0.25, -0.2) is 9.78 Å². The zero-order chi connectivity index (χ0) is 15.8. The molecule has 1 aromatic heterocycles. The summed E-state index contributed by atoms with van der Waals surface area (Å²) in [4.78, 5) is 30.4. The quantitative estimate of drug-likeness (QED) is 0.433. The molecule has 5 N–H and O–H groups in total. The van der Waals surface area contributed by atoms with Crippen molar-refractivity contribution in [1.29, 1.82) is 0 Å². The fraction of sp³-hybridized carbons (Fsp3) is 0.462. The van der Waals surface area contributed by atoms with E-state index in [-0.39, 0.29) is 13.1 Å². The molecule has 114 valence electrons. The van der Waals surface area contributed by atoms with E-state index in [9.17, 15) is 14.7 Å². The summed E-state index contributed by atoms with van der Waals surface area (Å²) in [5, 5.41) is 16.9. The third-order valence-corrected chi connectivity index (χ3v) is 2.59. The number of nitrogens with zero attached hydrogens (tertiary/aromatic N) is 1. The second-order valence-electron chi connectivity index (χ2n) is 4.48. The van der Waals surface area contributed by atoms with Crippen LogP contribution in [0.1, 0.15) is 18.4 Å². The maximum atomic E-state index is 11.7. The number of aromatic nitrogens is 2. The minimum atomic E-state index is -1.09. The van der Waals surface area contributed by atoms with Gasteiger partial charge in [-0.3, -0.25) is 4.79 Å². The number of aryl methyl sites for hydroxylation is 1. The lowest BCUT2D eigenvalue weighted by molar-refractivity contribution is -0.124. The molecule has 8 nitrogen and oxygen atoms in total. The van der Waals surface area contributed by atoms with Crippen LogP contribution in [0, 0.1) is 19.3 Å². The molecule has 0 aliphatic heterocycles. The lowest BCUT2D eigenvalue weighted by Crippen LogP contribution is -2.54. The number of urea groups is 1. The number of carbonyl (C=O) groups is 2. The third-order valence-electron chi connectivity index (χ3n) is 2.59. The molecule has 0 bridgehead atoms. The van der Waals surface area contributed by atoms with Gasteiger partial charge in [0.2, 0.25) is 5.91 Å². The Morgan fingerprint density at radius 1 is 1.52 bits per heavy atom. The zero-order valence-electron chi connectivity index (χ0n) is 11.9. The molecule has 1 heterocycles. The van der Waals surface area contributed by atoms with Crippen molar-refractivity contribution in [3.05, 3.63) is 17.7 Å². The number of nitrogens with one attached hydrogen (secondary N) is 4. The van der Waals surface area contributed by atoms with Crippen LogP contribution >= 0.6 is 0 Å². The molecule has 2 atom stereocenters. The average Bonchev–Trinajstić information content (AvgIpc) is 2.85. The number of aromatic amines is 1. The van der Waals surface area contributed by atoms with Crippen LogP contribution in [0.4, 0.5) is 4.79 Å². The fourth-order valence-corrected chi connectivity index (χ4v) is 1.57. The van der Waals surface area contributed by atoms with Crippen LogP contribution < -0.4 is 16.0 Å². The largest absolute Gasteiger partial charge is 0.391 e. The summed E-state index contributed by atoms with van der Waals surface area (Å²) in [7, 11) is 0. The van der Waals surface area contributed by atoms with Crippen molar-refractivity contribution < 1.29 is 14.7 Å². The number of hydrogen-bond donors (Lipinski definition) is 5. The van der Waals surface area contributed by atoms with Crippen molar-refractivity contribution in [3.8, 4) is 12.3 Å². The van der Waals surface area contributed by atoms with E-state index < -0.39 is 24.1 Å². The molecule has 0 aliphatic rings. The summed E-state index contributed by atoms with van der Waals surface area (Å²) in [5.41, 5.74) is 0.878. The summed E-state index contributed by atoms with van der Waals surface area (Å²) in [6.07, 6.45) is 5.61. The number of aliphatic hydroxyl groups is 1. The van der Waals surface area contributed by atoms with Crippen LogP contribution in [-0.4, -0.2) is 45.7 Å². The van der Waals surface area contributed by atoms with E-state index in [2.05, 4.69) is 31.8 Å². The van der Waals surface area contributed by atoms with E-state index in [0.717, 1.165) is 5.69 Å². The molecule has 21 heavy (non-hydrogen) atoms. The first-order valence-electron chi connectivity index (χ1n) is 6.38. The molecule has 1 rings (SSSR count). The monoisotopic (exact) mass is 293 g/mol. The van der Waals surface area contributed by atoms with E-state index in [4.69, 9.17) is 6.42 Å². The van der Waals surface area contributed by atoms with E-state index >= 15 is 0 Å². The number of hydrogen-bond acceptors (Lipinski definition) is 4. The van der Waals surface area contributed by atoms with Crippen molar-refractivity contribution >= 4 is 11.9 Å². The zero-order valence-corrected chi connectivity index (χ0v) is 11.9. The first-order valence-corrected chi connectivity index (χ1v) is 6.38. The van der Waals surface area contributed by atoms with Gasteiger partial charge < -0.3 is 26.0 Å². The number of rotatable bonds is 6. The second kappa shape index (κ2) is 7.91. The maximum absolute atomic E-state index is 11.7. The molecule has 0 aliphatic carbocycles. The normalized spacial score (nSPS) is 12.9. The van der Waals surface area contributed by atoms with Gasteiger partial charge in [-0.05, 0) is 13.8 Å². The molecule has 0 radical (unpaired) electrons. The number of amides is 3. The maximum Gasteiger partial charge on any atom is 0.315 e. The summed E-state index contributed by atoms with van der Waals surface area (Å²) in [5.74, 6) is 2.28. The van der Waals surface area contributed by atoms with E-state index in [1.54, 1.807) is 6.20 Å². The van der Waals surface area contributed by atoms with Gasteiger partial charge in [-0.1, -0.05) is 5.92 Å². The van der Waals surface area contributed by atoms with Gasteiger partial charge in [-0.15, -0.1) is 6.42 Å². The van der Waals surface area contributed by atoms with Crippen LogP contribution in [0.2, 0.25) is 0 Å². The molecule has 0 unspecified atom stereocenters. The van der Waals surface area contributed by atoms with Crippen LogP contribution in [0.25, 0.3) is 0 Å². The lowest BCUT2D eigenvalue weighted by atomic mass is 10.1. The highest BCUT2D eigenvalue weighted by Gasteiger charge is 2.25. The molecule has 0 saturated heterocycles. The summed E-state index contributed by atoms with van der Waals surface area (Å²) in [6, 6.07) is -1.68. The Morgan fingerprint density at radius 3 is 2.76 bits per heavy atom. The van der Waals surface area contributed by atoms with Gasteiger partial charge in [0.1, 0.15) is 11.9 Å². The van der Waals surface area contributed by atoms with Gasteiger partial charge in [0.05, 0.1) is 19.2 Å². The molecule has 3 amide bonds. The smallest absolute Gasteiger partial charge is 0.315 e. The van der Waals surface area contributed by atoms with Crippen LogP contribution in [0.15, 0.2) is 6.20 Å². The lowest BCUT2D eigenvalue weighted by Gasteiger charge is -2.20. The molecular formula is C13H19N5O3. The van der Waals surface area contributed by atoms with Gasteiger partial charge >= 0.3 is 6.03 Å². The third kappa shape index (κ3) is 5.54. The Morgan fingerprint density at radius 2 is 2.24 bits per heavy atom. The van der Waals surface area contributed by atoms with Gasteiger partial charge in [0, 0.05) is 11.9 Å². The standard InChI is InChI=1S/C13H19N5O3/c1-4-5-14-12(20)11(9(3)19)18-13(21)16-7-10-15-6-8(2)17-10/h1,6,9,11,19H,5,7H2,2-3H3,(H,14,20)(H,15,17)(H2,16,18,21)/t9-,11+/m1/s1. The van der Waals surface area contributed by atoms with Crippen LogP contribution in [-0.2, 0) is 11.3 Å². The van der Waals surface area contributed by atoms with E-state index in [1.165, 1.54) is 6.92 Å². The predicted molar refractivity (Wildman–Crippen MR) is 76.0 cm³/mol. The number of aliphatic hydroxyl groups excluding tert-OH is 1. The molecule has 0 saturated carbocycles. The molecule has 0 aromatic carbocycles. The molecule has 1 aromatic rings. The topological polar surface area (TPSA) is 119 Å². The average molecular weight is 293 g/mol.